The van der Waals surface area contributed by atoms with Crippen LogP contribution in [0.3, 0.4) is 0 Å². The molecule has 0 atom stereocenters. The smallest absolute Gasteiger partial charge is 0.146 e. The first-order valence-corrected chi connectivity index (χ1v) is 11.5. The van der Waals surface area contributed by atoms with Crippen LogP contribution in [0.15, 0.2) is 54.6 Å². The summed E-state index contributed by atoms with van der Waals surface area (Å²) >= 11 is 16.7. The summed E-state index contributed by atoms with van der Waals surface area (Å²) in [5, 5.41) is 10.8. The van der Waals surface area contributed by atoms with Crippen molar-refractivity contribution in [3.8, 4) is 11.8 Å². The van der Waals surface area contributed by atoms with Gasteiger partial charge in [0, 0.05) is 15.6 Å². The van der Waals surface area contributed by atoms with Gasteiger partial charge in [-0.05, 0) is 93.6 Å². The van der Waals surface area contributed by atoms with Crippen molar-refractivity contribution in [1.29, 1.82) is 5.26 Å². The molecule has 0 N–H and O–H groups in total. The van der Waals surface area contributed by atoms with Crippen LogP contribution in [0.25, 0.3) is 11.6 Å². The molecule has 0 saturated carbocycles. The summed E-state index contributed by atoms with van der Waals surface area (Å²) in [6, 6.07) is 19.6. The number of ether oxygens (including phenoxy) is 1. The van der Waals surface area contributed by atoms with E-state index in [2.05, 4.69) is 51.3 Å². The second-order valence-electron chi connectivity index (χ2n) is 6.37. The number of aryl methyl sites for hydroxylation is 1. The van der Waals surface area contributed by atoms with Gasteiger partial charge in [-0.15, -0.1) is 0 Å². The maximum absolute atomic E-state index is 9.59. The molecule has 2 nitrogen and oxygen atoms in total. The molecule has 29 heavy (non-hydrogen) atoms. The average Bonchev–Trinajstić information content (AvgIpc) is 2.67. The minimum absolute atomic E-state index is 0.351. The molecule has 3 aromatic rings. The van der Waals surface area contributed by atoms with Gasteiger partial charge >= 0.3 is 0 Å². The summed E-state index contributed by atoms with van der Waals surface area (Å²) in [4.78, 5) is 0. The van der Waals surface area contributed by atoms with E-state index in [0.29, 0.717) is 22.2 Å². The van der Waals surface area contributed by atoms with E-state index in [0.717, 1.165) is 35.1 Å². The Bertz CT molecular complexity index is 1100. The number of rotatable bonds is 5. The molecule has 0 aromatic heterocycles. The predicted octanol–water partition coefficient (Wildman–Crippen LogP) is 8.15. The van der Waals surface area contributed by atoms with Crippen molar-refractivity contribution >= 4 is 80.0 Å². The van der Waals surface area contributed by atoms with Crippen LogP contribution in [0.1, 0.15) is 22.3 Å². The van der Waals surface area contributed by atoms with Crippen LogP contribution in [0.4, 0.5) is 0 Å². The van der Waals surface area contributed by atoms with Crippen molar-refractivity contribution in [3.05, 3.63) is 94.0 Å². The summed E-state index contributed by atoms with van der Waals surface area (Å²) in [5.41, 5.74) is 4.52. The molecule has 0 bridgehead atoms. The first kappa shape index (κ1) is 22.4. The van der Waals surface area contributed by atoms with Crippen LogP contribution in [0, 0.1) is 25.4 Å². The van der Waals surface area contributed by atoms with Crippen molar-refractivity contribution in [2.75, 3.05) is 0 Å². The lowest BCUT2D eigenvalue weighted by atomic mass is 10.0. The molecule has 0 amide bonds. The number of hydrogen-bond acceptors (Lipinski definition) is 2. The van der Waals surface area contributed by atoms with E-state index in [1.165, 1.54) is 0 Å². The maximum atomic E-state index is 9.59. The molecule has 0 saturated heterocycles. The van der Waals surface area contributed by atoms with Crippen molar-refractivity contribution < 1.29 is 4.74 Å². The van der Waals surface area contributed by atoms with Gasteiger partial charge in [0.25, 0.3) is 0 Å². The lowest BCUT2D eigenvalue weighted by Crippen LogP contribution is -2.00. The van der Waals surface area contributed by atoms with Crippen LogP contribution in [-0.4, -0.2) is 0 Å². The third-order valence-corrected chi connectivity index (χ3v) is 6.39. The Labute approximate surface area is 207 Å². The van der Waals surface area contributed by atoms with Gasteiger partial charge in [0.2, 0.25) is 0 Å². The Kier molecular flexibility index (Phi) is 7.85. The fraction of sp³-hybridized carbons (Fsp3) is 0.0870. The number of nitriles is 1. The first-order valence-electron chi connectivity index (χ1n) is 8.62. The summed E-state index contributed by atoms with van der Waals surface area (Å²) < 4.78 is 7.96. The standard InChI is InChI=1S/C23H15Cl2I2NO/c1-14-2-4-16(5-3-14)18(12-28)8-15-9-21(26)23(22(27)10-15)29-13-17-6-7-19(24)11-20(17)25/h2-11H,13H2,1H3/b18-8-. The fourth-order valence-corrected chi connectivity index (χ4v) is 5.26. The van der Waals surface area contributed by atoms with Crippen LogP contribution in [0.5, 0.6) is 5.75 Å². The summed E-state index contributed by atoms with van der Waals surface area (Å²) in [6.45, 7) is 2.38. The van der Waals surface area contributed by atoms with Crippen LogP contribution in [-0.2, 0) is 6.61 Å². The van der Waals surface area contributed by atoms with Crippen molar-refractivity contribution in [3.63, 3.8) is 0 Å². The highest BCUT2D eigenvalue weighted by atomic mass is 127. The Morgan fingerprint density at radius 3 is 2.28 bits per heavy atom. The topological polar surface area (TPSA) is 33.0 Å². The lowest BCUT2D eigenvalue weighted by Gasteiger charge is -2.13. The molecule has 0 fully saturated rings. The Morgan fingerprint density at radius 2 is 1.69 bits per heavy atom. The highest BCUT2D eigenvalue weighted by Crippen LogP contribution is 2.32. The average molecular weight is 646 g/mol. The second kappa shape index (κ2) is 10.2. The van der Waals surface area contributed by atoms with E-state index in [9.17, 15) is 5.26 Å². The van der Waals surface area contributed by atoms with E-state index in [1.807, 2.05) is 55.5 Å². The number of allylic oxidation sites excluding steroid dienone is 1. The third-order valence-electron chi connectivity index (χ3n) is 4.20. The molecule has 0 aliphatic carbocycles. The summed E-state index contributed by atoms with van der Waals surface area (Å²) in [6.07, 6.45) is 1.90. The lowest BCUT2D eigenvalue weighted by molar-refractivity contribution is 0.302. The predicted molar refractivity (Wildman–Crippen MR) is 137 cm³/mol. The van der Waals surface area contributed by atoms with Crippen LogP contribution < -0.4 is 4.74 Å². The van der Waals surface area contributed by atoms with Gasteiger partial charge in [0.15, 0.2) is 0 Å². The number of nitrogens with zero attached hydrogens (tertiary/aromatic N) is 1. The minimum Gasteiger partial charge on any atom is -0.487 e. The molecule has 0 aliphatic heterocycles. The minimum atomic E-state index is 0.351. The monoisotopic (exact) mass is 645 g/mol. The Morgan fingerprint density at radius 1 is 1.03 bits per heavy atom. The van der Waals surface area contributed by atoms with Gasteiger partial charge in [-0.25, -0.2) is 0 Å². The molecule has 3 aromatic carbocycles. The second-order valence-corrected chi connectivity index (χ2v) is 9.54. The fourth-order valence-electron chi connectivity index (χ4n) is 2.67. The molecule has 6 heteroatoms. The molecular weight excluding hydrogens is 631 g/mol. The van der Waals surface area contributed by atoms with Gasteiger partial charge in [0.05, 0.1) is 18.8 Å². The van der Waals surface area contributed by atoms with Crippen molar-refractivity contribution in [2.24, 2.45) is 0 Å². The molecule has 0 aliphatic rings. The zero-order chi connectivity index (χ0) is 21.0. The SMILES string of the molecule is Cc1ccc(/C(C#N)=C\c2cc(I)c(OCc3ccc(Cl)cc3Cl)c(I)c2)cc1. The van der Waals surface area contributed by atoms with Crippen molar-refractivity contribution in [2.45, 2.75) is 13.5 Å². The molecule has 0 radical (unpaired) electrons. The Hall–Kier alpha value is -1.27. The molecule has 0 unspecified atom stereocenters. The normalized spacial score (nSPS) is 11.2. The number of hydrogen-bond donors (Lipinski definition) is 0. The molecule has 0 spiro atoms. The number of halogens is 4. The number of benzene rings is 3. The first-order chi connectivity index (χ1) is 13.9. The quantitative estimate of drug-likeness (QED) is 0.159. The van der Waals surface area contributed by atoms with Gasteiger partial charge in [0.1, 0.15) is 12.4 Å². The molecule has 0 heterocycles. The van der Waals surface area contributed by atoms with Gasteiger partial charge in [-0.3, -0.25) is 0 Å². The summed E-state index contributed by atoms with van der Waals surface area (Å²) in [5.74, 6) is 0.795. The zero-order valence-corrected chi connectivity index (χ0v) is 21.2. The molecule has 146 valence electrons. The summed E-state index contributed by atoms with van der Waals surface area (Å²) in [7, 11) is 0. The maximum Gasteiger partial charge on any atom is 0.146 e. The molecule has 3 rings (SSSR count). The van der Waals surface area contributed by atoms with E-state index < -0.39 is 0 Å². The third kappa shape index (κ3) is 5.88. The van der Waals surface area contributed by atoms with E-state index in [1.54, 1.807) is 12.1 Å². The zero-order valence-electron chi connectivity index (χ0n) is 15.3. The largest absolute Gasteiger partial charge is 0.487 e. The highest BCUT2D eigenvalue weighted by molar-refractivity contribution is 14.1. The van der Waals surface area contributed by atoms with Gasteiger partial charge in [-0.2, -0.15) is 5.26 Å². The molecular formula is C23H15Cl2I2NO. The van der Waals surface area contributed by atoms with E-state index in [4.69, 9.17) is 27.9 Å². The van der Waals surface area contributed by atoms with Crippen molar-refractivity contribution in [1.82, 2.24) is 0 Å². The van der Waals surface area contributed by atoms with E-state index in [-0.39, 0.29) is 0 Å². The van der Waals surface area contributed by atoms with Crippen LogP contribution in [0.2, 0.25) is 10.0 Å². The van der Waals surface area contributed by atoms with Gasteiger partial charge in [-0.1, -0.05) is 59.1 Å². The van der Waals surface area contributed by atoms with E-state index >= 15 is 0 Å². The van der Waals surface area contributed by atoms with Crippen LogP contribution >= 0.6 is 68.4 Å². The van der Waals surface area contributed by atoms with Gasteiger partial charge < -0.3 is 4.74 Å². The Balaban J connectivity index is 1.85. The highest BCUT2D eigenvalue weighted by Gasteiger charge is 2.11.